The molecule has 0 atom stereocenters. The van der Waals surface area contributed by atoms with Crippen molar-refractivity contribution in [1.29, 1.82) is 0 Å². The Hall–Kier alpha value is 0.320. The van der Waals surface area contributed by atoms with Gasteiger partial charge in [0.1, 0.15) is 4.90 Å². The van der Waals surface area contributed by atoms with Crippen molar-refractivity contribution in [3.8, 4) is 0 Å². The van der Waals surface area contributed by atoms with E-state index in [2.05, 4.69) is 0 Å². The van der Waals surface area contributed by atoms with Gasteiger partial charge < -0.3 is 0 Å². The minimum absolute atomic E-state index is 0.233. The summed E-state index contributed by atoms with van der Waals surface area (Å²) < 4.78 is 23.1. The molecule has 0 aliphatic carbocycles. The predicted octanol–water partition coefficient (Wildman–Crippen LogP) is 2.73. The van der Waals surface area contributed by atoms with Crippen LogP contribution in [0.3, 0.4) is 0 Å². The average molecular weight is 473 g/mol. The molecule has 82 valence electrons. The molecule has 1 aromatic carbocycles. The van der Waals surface area contributed by atoms with Gasteiger partial charge in [0.2, 0.25) is 0 Å². The largest absolute Gasteiger partial charge is 0.271 e. The normalized spacial score (nSPS) is 11.4. The highest BCUT2D eigenvalue weighted by molar-refractivity contribution is 14.1. The number of non-ortho nitro benzene ring substituents is 1. The number of halogens is 3. The standard InChI is InChI=1S/C6H2ClI2NO4S/c7-15(13,14)5-2-3(10(11)12)1-4(8)6(5)9/h1-2H. The summed E-state index contributed by atoms with van der Waals surface area (Å²) >= 11 is 3.59. The van der Waals surface area contributed by atoms with Crippen LogP contribution < -0.4 is 0 Å². The first kappa shape index (κ1) is 13.4. The zero-order valence-corrected chi connectivity index (χ0v) is 12.7. The first-order valence-corrected chi connectivity index (χ1v) is 7.78. The van der Waals surface area contributed by atoms with Gasteiger partial charge in [-0.15, -0.1) is 0 Å². The molecule has 5 nitrogen and oxygen atoms in total. The van der Waals surface area contributed by atoms with E-state index in [1.165, 1.54) is 6.07 Å². The fourth-order valence-electron chi connectivity index (χ4n) is 0.833. The summed E-state index contributed by atoms with van der Waals surface area (Å²) in [5.74, 6) is 0. The zero-order valence-electron chi connectivity index (χ0n) is 6.78. The van der Waals surface area contributed by atoms with Gasteiger partial charge >= 0.3 is 0 Å². The minimum atomic E-state index is -3.96. The van der Waals surface area contributed by atoms with Crippen LogP contribution >= 0.6 is 55.9 Å². The van der Waals surface area contributed by atoms with Crippen molar-refractivity contribution in [2.45, 2.75) is 4.90 Å². The maximum Gasteiger partial charge on any atom is 0.271 e. The molecule has 0 heterocycles. The summed E-state index contributed by atoms with van der Waals surface area (Å²) in [5.41, 5.74) is -0.293. The maximum absolute atomic E-state index is 11.1. The van der Waals surface area contributed by atoms with Gasteiger partial charge in [-0.05, 0) is 45.2 Å². The molecule has 1 rings (SSSR count). The van der Waals surface area contributed by atoms with Crippen molar-refractivity contribution < 1.29 is 13.3 Å². The molecule has 0 bridgehead atoms. The fraction of sp³-hybridized carbons (Fsp3) is 0. The van der Waals surface area contributed by atoms with Crippen molar-refractivity contribution in [3.05, 3.63) is 29.4 Å². The van der Waals surface area contributed by atoms with E-state index in [0.29, 0.717) is 7.14 Å². The quantitative estimate of drug-likeness (QED) is 0.287. The van der Waals surface area contributed by atoms with Gasteiger partial charge in [0.05, 0.1) is 4.92 Å². The van der Waals surface area contributed by atoms with Crippen LogP contribution in [0.5, 0.6) is 0 Å². The molecule has 0 spiro atoms. The van der Waals surface area contributed by atoms with Crippen LogP contribution in [-0.4, -0.2) is 13.3 Å². The van der Waals surface area contributed by atoms with Gasteiger partial charge in [0.25, 0.3) is 14.7 Å². The summed E-state index contributed by atoms with van der Waals surface area (Å²) in [7, 11) is 1.20. The second kappa shape index (κ2) is 4.67. The van der Waals surface area contributed by atoms with Crippen molar-refractivity contribution in [3.63, 3.8) is 0 Å². The number of nitrogens with zero attached hydrogens (tertiary/aromatic N) is 1. The summed E-state index contributed by atoms with van der Waals surface area (Å²) in [6, 6.07) is 2.24. The van der Waals surface area contributed by atoms with E-state index in [1.807, 2.05) is 22.6 Å². The van der Waals surface area contributed by atoms with Crippen molar-refractivity contribution in [2.75, 3.05) is 0 Å². The summed E-state index contributed by atoms with van der Waals surface area (Å²) in [4.78, 5) is 9.61. The highest BCUT2D eigenvalue weighted by Gasteiger charge is 2.21. The molecule has 0 fully saturated rings. The minimum Gasteiger partial charge on any atom is -0.258 e. The molecular formula is C6H2ClI2NO4S. The SMILES string of the molecule is O=[N+]([O-])c1cc(I)c(I)c(S(=O)(=O)Cl)c1. The van der Waals surface area contributed by atoms with E-state index < -0.39 is 14.0 Å². The first-order chi connectivity index (χ1) is 6.73. The molecule has 1 aromatic rings. The van der Waals surface area contributed by atoms with E-state index in [1.54, 1.807) is 22.6 Å². The number of rotatable bonds is 2. The lowest BCUT2D eigenvalue weighted by molar-refractivity contribution is -0.385. The summed E-state index contributed by atoms with van der Waals surface area (Å²) in [5, 5.41) is 10.5. The molecule has 0 amide bonds. The number of benzene rings is 1. The van der Waals surface area contributed by atoms with E-state index in [0.717, 1.165) is 6.07 Å². The van der Waals surface area contributed by atoms with Crippen LogP contribution in [0.4, 0.5) is 5.69 Å². The monoisotopic (exact) mass is 473 g/mol. The second-order valence-corrected chi connectivity index (χ2v) is 7.21. The van der Waals surface area contributed by atoms with Crippen LogP contribution in [-0.2, 0) is 9.05 Å². The van der Waals surface area contributed by atoms with Gasteiger partial charge in [-0.2, -0.15) is 0 Å². The zero-order chi connectivity index (χ0) is 11.8. The Balaban J connectivity index is 3.59. The van der Waals surface area contributed by atoms with Crippen LogP contribution in [0.2, 0.25) is 0 Å². The van der Waals surface area contributed by atoms with E-state index in [-0.39, 0.29) is 10.6 Å². The van der Waals surface area contributed by atoms with E-state index >= 15 is 0 Å². The third-order valence-corrected chi connectivity index (χ3v) is 6.21. The summed E-state index contributed by atoms with van der Waals surface area (Å²) in [6.07, 6.45) is 0. The number of nitro groups is 1. The third-order valence-electron chi connectivity index (χ3n) is 1.45. The first-order valence-electron chi connectivity index (χ1n) is 3.31. The molecule has 0 aliphatic rings. The van der Waals surface area contributed by atoms with Gasteiger partial charge in [-0.25, -0.2) is 8.42 Å². The molecule has 0 unspecified atom stereocenters. The van der Waals surface area contributed by atoms with Gasteiger partial charge in [-0.3, -0.25) is 10.1 Å². The Morgan fingerprint density at radius 1 is 1.33 bits per heavy atom. The van der Waals surface area contributed by atoms with Crippen LogP contribution in [0.25, 0.3) is 0 Å². The lowest BCUT2D eigenvalue weighted by Gasteiger charge is -2.02. The Bertz CT molecular complexity index is 530. The number of hydrogen-bond donors (Lipinski definition) is 0. The van der Waals surface area contributed by atoms with Crippen LogP contribution in [0.15, 0.2) is 17.0 Å². The van der Waals surface area contributed by atoms with Crippen molar-refractivity contribution >= 4 is 70.6 Å². The molecule has 0 radical (unpaired) electrons. The maximum atomic E-state index is 11.1. The van der Waals surface area contributed by atoms with E-state index in [4.69, 9.17) is 10.7 Å². The number of hydrogen-bond acceptors (Lipinski definition) is 4. The van der Waals surface area contributed by atoms with Crippen LogP contribution in [0, 0.1) is 17.3 Å². The topological polar surface area (TPSA) is 77.3 Å². The molecule has 0 saturated carbocycles. The second-order valence-electron chi connectivity index (χ2n) is 2.43. The van der Waals surface area contributed by atoms with E-state index in [9.17, 15) is 18.5 Å². The third kappa shape index (κ3) is 3.14. The smallest absolute Gasteiger partial charge is 0.258 e. The molecule has 0 N–H and O–H groups in total. The van der Waals surface area contributed by atoms with Crippen molar-refractivity contribution in [2.24, 2.45) is 0 Å². The molecule has 0 aromatic heterocycles. The number of nitro benzene ring substituents is 1. The Morgan fingerprint density at radius 3 is 2.27 bits per heavy atom. The predicted molar refractivity (Wildman–Crippen MR) is 71.6 cm³/mol. The molecular weight excluding hydrogens is 471 g/mol. The molecule has 15 heavy (non-hydrogen) atoms. The van der Waals surface area contributed by atoms with Crippen LogP contribution in [0.1, 0.15) is 0 Å². The highest BCUT2D eigenvalue weighted by atomic mass is 127. The Labute approximate surface area is 117 Å². The van der Waals surface area contributed by atoms with Gasteiger partial charge in [0.15, 0.2) is 0 Å². The highest BCUT2D eigenvalue weighted by Crippen LogP contribution is 2.30. The van der Waals surface area contributed by atoms with Gasteiger partial charge in [0, 0.05) is 30.0 Å². The molecule has 0 aliphatic heterocycles. The fourth-order valence-corrected chi connectivity index (χ4v) is 4.15. The average Bonchev–Trinajstić information content (AvgIpc) is 2.06. The Morgan fingerprint density at radius 2 is 1.87 bits per heavy atom. The van der Waals surface area contributed by atoms with Crippen molar-refractivity contribution in [1.82, 2.24) is 0 Å². The Kier molecular flexibility index (Phi) is 4.17. The lowest BCUT2D eigenvalue weighted by Crippen LogP contribution is -1.99. The summed E-state index contributed by atoms with van der Waals surface area (Å²) in [6.45, 7) is 0. The molecule has 9 heteroatoms. The lowest BCUT2D eigenvalue weighted by atomic mass is 10.3. The van der Waals surface area contributed by atoms with Gasteiger partial charge in [-0.1, -0.05) is 0 Å². The molecule has 0 saturated heterocycles.